The second kappa shape index (κ2) is 7.33. The van der Waals surface area contributed by atoms with Crippen LogP contribution in [0.4, 0.5) is 0 Å². The van der Waals surface area contributed by atoms with Crippen LogP contribution >= 0.6 is 15.9 Å². The standard InChI is InChI=1S/C12H17BrN2O3/c1-3-15(4-2)5-6-18-11-10(12(16)17)7-9(13)8-14-11/h7-8H,3-6H2,1-2H3,(H,16,17). The molecule has 0 amide bonds. The molecule has 5 nitrogen and oxygen atoms in total. The summed E-state index contributed by atoms with van der Waals surface area (Å²) < 4.78 is 6.05. The summed E-state index contributed by atoms with van der Waals surface area (Å²) in [5.41, 5.74) is 0.0731. The van der Waals surface area contributed by atoms with Gasteiger partial charge in [0.15, 0.2) is 0 Å². The number of aromatic carboxylic acids is 1. The summed E-state index contributed by atoms with van der Waals surface area (Å²) in [5.74, 6) is -0.875. The van der Waals surface area contributed by atoms with Crippen LogP contribution < -0.4 is 4.74 Å². The Hall–Kier alpha value is -1.14. The van der Waals surface area contributed by atoms with Gasteiger partial charge in [-0.2, -0.15) is 0 Å². The fourth-order valence-electron chi connectivity index (χ4n) is 1.51. The highest BCUT2D eigenvalue weighted by atomic mass is 79.9. The Bertz CT molecular complexity index is 408. The molecule has 1 heterocycles. The van der Waals surface area contributed by atoms with Gasteiger partial charge in [-0.15, -0.1) is 0 Å². The SMILES string of the molecule is CCN(CC)CCOc1ncc(Br)cc1C(=O)O. The number of hydrogen-bond acceptors (Lipinski definition) is 4. The average Bonchev–Trinajstić information content (AvgIpc) is 2.36. The van der Waals surface area contributed by atoms with Crippen molar-refractivity contribution < 1.29 is 14.6 Å². The first-order valence-corrected chi connectivity index (χ1v) is 6.61. The third-order valence-electron chi connectivity index (χ3n) is 2.59. The molecule has 0 aromatic carbocycles. The molecule has 0 radical (unpaired) electrons. The van der Waals surface area contributed by atoms with Gasteiger partial charge in [0.2, 0.25) is 5.88 Å². The molecule has 0 saturated carbocycles. The largest absolute Gasteiger partial charge is 0.477 e. The molecule has 1 aromatic heterocycles. The van der Waals surface area contributed by atoms with Crippen molar-refractivity contribution in [3.63, 3.8) is 0 Å². The van der Waals surface area contributed by atoms with E-state index in [0.29, 0.717) is 11.1 Å². The monoisotopic (exact) mass is 316 g/mol. The number of rotatable bonds is 7. The van der Waals surface area contributed by atoms with Gasteiger partial charge in [0, 0.05) is 17.2 Å². The van der Waals surface area contributed by atoms with Gasteiger partial charge in [0.1, 0.15) is 12.2 Å². The number of aromatic nitrogens is 1. The number of ether oxygens (including phenoxy) is 1. The van der Waals surface area contributed by atoms with Crippen molar-refractivity contribution in [2.75, 3.05) is 26.2 Å². The summed E-state index contributed by atoms with van der Waals surface area (Å²) in [5, 5.41) is 9.04. The highest BCUT2D eigenvalue weighted by molar-refractivity contribution is 9.10. The van der Waals surface area contributed by atoms with Crippen molar-refractivity contribution in [1.82, 2.24) is 9.88 Å². The maximum Gasteiger partial charge on any atom is 0.341 e. The highest BCUT2D eigenvalue weighted by Gasteiger charge is 2.13. The lowest BCUT2D eigenvalue weighted by molar-refractivity contribution is 0.0690. The summed E-state index contributed by atoms with van der Waals surface area (Å²) in [6, 6.07) is 1.49. The van der Waals surface area contributed by atoms with E-state index in [9.17, 15) is 4.79 Å². The number of carboxylic acid groups (broad SMARTS) is 1. The number of pyridine rings is 1. The zero-order chi connectivity index (χ0) is 13.5. The van der Waals surface area contributed by atoms with Crippen molar-refractivity contribution >= 4 is 21.9 Å². The molecule has 0 aliphatic rings. The Labute approximate surface area is 115 Å². The van der Waals surface area contributed by atoms with E-state index in [-0.39, 0.29) is 11.4 Å². The van der Waals surface area contributed by atoms with Gasteiger partial charge in [-0.05, 0) is 35.1 Å². The van der Waals surface area contributed by atoms with E-state index in [0.717, 1.165) is 19.6 Å². The average molecular weight is 317 g/mol. The van der Waals surface area contributed by atoms with E-state index in [2.05, 4.69) is 39.7 Å². The van der Waals surface area contributed by atoms with Gasteiger partial charge >= 0.3 is 5.97 Å². The molecule has 1 aromatic rings. The summed E-state index contributed by atoms with van der Waals surface area (Å²) in [6.07, 6.45) is 1.53. The molecule has 0 saturated heterocycles. The van der Waals surface area contributed by atoms with Crippen LogP contribution in [0.5, 0.6) is 5.88 Å². The second-order valence-electron chi connectivity index (χ2n) is 3.69. The van der Waals surface area contributed by atoms with Crippen LogP contribution in [0.15, 0.2) is 16.7 Å². The maximum atomic E-state index is 11.0. The zero-order valence-corrected chi connectivity index (χ0v) is 12.1. The van der Waals surface area contributed by atoms with E-state index in [1.54, 1.807) is 0 Å². The molecule has 0 spiro atoms. The maximum absolute atomic E-state index is 11.0. The van der Waals surface area contributed by atoms with Gasteiger partial charge in [-0.1, -0.05) is 13.8 Å². The molecule has 0 aliphatic carbocycles. The lowest BCUT2D eigenvalue weighted by Gasteiger charge is -2.18. The lowest BCUT2D eigenvalue weighted by atomic mass is 10.3. The topological polar surface area (TPSA) is 62.7 Å². The van der Waals surface area contributed by atoms with E-state index < -0.39 is 5.97 Å². The third-order valence-corrected chi connectivity index (χ3v) is 3.02. The van der Waals surface area contributed by atoms with E-state index in [4.69, 9.17) is 9.84 Å². The quantitative estimate of drug-likeness (QED) is 0.836. The molecule has 18 heavy (non-hydrogen) atoms. The minimum Gasteiger partial charge on any atom is -0.477 e. The number of carbonyl (C=O) groups is 1. The predicted molar refractivity (Wildman–Crippen MR) is 72.2 cm³/mol. The van der Waals surface area contributed by atoms with Gasteiger partial charge < -0.3 is 14.7 Å². The van der Waals surface area contributed by atoms with Crippen LogP contribution in [-0.2, 0) is 0 Å². The summed E-state index contributed by atoms with van der Waals surface area (Å²) >= 11 is 3.19. The Morgan fingerprint density at radius 1 is 1.50 bits per heavy atom. The minimum atomic E-state index is -1.04. The number of likely N-dealkylation sites (N-methyl/N-ethyl adjacent to an activating group) is 1. The molecule has 0 unspecified atom stereocenters. The second-order valence-corrected chi connectivity index (χ2v) is 4.60. The van der Waals surface area contributed by atoms with Crippen molar-refractivity contribution in [3.05, 3.63) is 22.3 Å². The predicted octanol–water partition coefficient (Wildman–Crippen LogP) is 2.26. The molecule has 1 N–H and O–H groups in total. The first-order valence-electron chi connectivity index (χ1n) is 5.82. The third kappa shape index (κ3) is 4.27. The van der Waals surface area contributed by atoms with Gasteiger partial charge in [0.25, 0.3) is 0 Å². The lowest BCUT2D eigenvalue weighted by Crippen LogP contribution is -2.28. The molecular formula is C12H17BrN2O3. The first-order chi connectivity index (χ1) is 8.58. The number of halogens is 1. The van der Waals surface area contributed by atoms with Gasteiger partial charge in [-0.25, -0.2) is 9.78 Å². The molecule has 0 fully saturated rings. The Morgan fingerprint density at radius 3 is 2.72 bits per heavy atom. The van der Waals surface area contributed by atoms with E-state index >= 15 is 0 Å². The first kappa shape index (κ1) is 14.9. The van der Waals surface area contributed by atoms with E-state index in [1.807, 2.05) is 0 Å². The summed E-state index contributed by atoms with van der Waals surface area (Å²) in [7, 11) is 0. The van der Waals surface area contributed by atoms with Crippen molar-refractivity contribution in [1.29, 1.82) is 0 Å². The molecular weight excluding hydrogens is 300 g/mol. The van der Waals surface area contributed by atoms with Crippen LogP contribution in [0.1, 0.15) is 24.2 Å². The van der Waals surface area contributed by atoms with Crippen LogP contribution in [0, 0.1) is 0 Å². The summed E-state index contributed by atoms with van der Waals surface area (Å²) in [4.78, 5) is 17.2. The molecule has 100 valence electrons. The normalized spacial score (nSPS) is 10.7. The van der Waals surface area contributed by atoms with Crippen LogP contribution in [0.2, 0.25) is 0 Å². The zero-order valence-electron chi connectivity index (χ0n) is 10.5. The minimum absolute atomic E-state index is 0.0731. The Morgan fingerprint density at radius 2 is 2.17 bits per heavy atom. The van der Waals surface area contributed by atoms with Crippen molar-refractivity contribution in [2.24, 2.45) is 0 Å². The summed E-state index contributed by atoms with van der Waals surface area (Å²) in [6.45, 7) is 7.22. The van der Waals surface area contributed by atoms with Crippen molar-refractivity contribution in [3.8, 4) is 5.88 Å². The number of nitrogens with zero attached hydrogens (tertiary/aromatic N) is 2. The van der Waals surface area contributed by atoms with Crippen LogP contribution in [-0.4, -0.2) is 47.2 Å². The Balaban J connectivity index is 2.64. The number of carboxylic acids is 1. The number of hydrogen-bond donors (Lipinski definition) is 1. The molecule has 1 rings (SSSR count). The van der Waals surface area contributed by atoms with E-state index in [1.165, 1.54) is 12.3 Å². The van der Waals surface area contributed by atoms with Crippen molar-refractivity contribution in [2.45, 2.75) is 13.8 Å². The molecule has 6 heteroatoms. The van der Waals surface area contributed by atoms with Gasteiger partial charge in [0.05, 0.1) is 0 Å². The molecule has 0 aliphatic heterocycles. The molecule has 0 atom stereocenters. The van der Waals surface area contributed by atoms with Crippen LogP contribution in [0.25, 0.3) is 0 Å². The highest BCUT2D eigenvalue weighted by Crippen LogP contribution is 2.19. The van der Waals surface area contributed by atoms with Gasteiger partial charge in [-0.3, -0.25) is 0 Å². The Kier molecular flexibility index (Phi) is 6.07. The fraction of sp³-hybridized carbons (Fsp3) is 0.500. The fourth-order valence-corrected chi connectivity index (χ4v) is 1.84. The smallest absolute Gasteiger partial charge is 0.341 e. The molecule has 0 bridgehead atoms. The van der Waals surface area contributed by atoms with Crippen LogP contribution in [0.3, 0.4) is 0 Å².